The summed E-state index contributed by atoms with van der Waals surface area (Å²) in [4.78, 5) is 26.1. The van der Waals surface area contributed by atoms with E-state index in [0.29, 0.717) is 12.3 Å². The smallest absolute Gasteiger partial charge is 0.366 e. The summed E-state index contributed by atoms with van der Waals surface area (Å²) in [7, 11) is 0. The number of anilines is 1. The first-order valence-electron chi connectivity index (χ1n) is 6.02. The van der Waals surface area contributed by atoms with Gasteiger partial charge >= 0.3 is 11.8 Å². The van der Waals surface area contributed by atoms with Gasteiger partial charge in [0.25, 0.3) is 5.91 Å². The Morgan fingerprint density at radius 3 is 2.41 bits per heavy atom. The van der Waals surface area contributed by atoms with Crippen molar-refractivity contribution in [3.8, 4) is 0 Å². The zero-order chi connectivity index (χ0) is 16.3. The molecule has 0 aliphatic heterocycles. The second kappa shape index (κ2) is 5.84. The monoisotopic (exact) mass is 309 g/mol. The molecule has 0 bridgehead atoms. The molecule has 0 saturated carbocycles. The van der Waals surface area contributed by atoms with Gasteiger partial charge in [-0.25, -0.2) is 4.39 Å². The summed E-state index contributed by atoms with van der Waals surface area (Å²) < 4.78 is 40.7. The second-order valence-corrected chi connectivity index (χ2v) is 4.30. The number of benzene rings is 1. The summed E-state index contributed by atoms with van der Waals surface area (Å²) in [6, 6.07) is 6.92. The maximum Gasteiger partial charge on any atom is 0.366 e. The molecule has 2 amide bonds. The van der Waals surface area contributed by atoms with E-state index in [0.717, 1.165) is 6.07 Å². The molecule has 22 heavy (non-hydrogen) atoms. The first kappa shape index (κ1) is 15.5. The van der Waals surface area contributed by atoms with Crippen molar-refractivity contribution >= 4 is 17.5 Å². The fourth-order valence-electron chi connectivity index (χ4n) is 1.69. The number of carbonyl (C=O) groups is 2. The number of nitrogens with zero attached hydrogens (tertiary/aromatic N) is 1. The Hall–Kier alpha value is -2.90. The predicted octanol–water partition coefficient (Wildman–Crippen LogP) is 2.05. The first-order valence-corrected chi connectivity index (χ1v) is 6.02. The molecule has 1 heterocycles. The lowest BCUT2D eigenvalue weighted by Crippen LogP contribution is -2.33. The maximum atomic E-state index is 14.0. The first-order chi connectivity index (χ1) is 10.3. The molecule has 0 radical (unpaired) electrons. The lowest BCUT2D eigenvalue weighted by Gasteiger charge is -2.16. The summed E-state index contributed by atoms with van der Waals surface area (Å²) >= 11 is 0. The van der Waals surface area contributed by atoms with Crippen LogP contribution in [-0.2, 0) is 10.7 Å². The van der Waals surface area contributed by atoms with E-state index in [2.05, 4.69) is 4.98 Å². The Labute approximate surface area is 123 Å². The van der Waals surface area contributed by atoms with Crippen molar-refractivity contribution in [2.75, 3.05) is 5.32 Å². The number of rotatable bonds is 4. The van der Waals surface area contributed by atoms with E-state index < -0.39 is 29.2 Å². The highest BCUT2D eigenvalue weighted by Crippen LogP contribution is 2.28. The molecular formula is C14H10F3N3O2. The molecule has 2 aromatic rings. The van der Waals surface area contributed by atoms with Crippen LogP contribution in [0.1, 0.15) is 16.1 Å². The zero-order valence-electron chi connectivity index (χ0n) is 11.0. The van der Waals surface area contributed by atoms with Crippen LogP contribution in [-0.4, -0.2) is 16.8 Å². The number of halogens is 3. The molecule has 0 atom stereocenters. The minimum Gasteiger partial charge on any atom is -0.366 e. The Bertz CT molecular complexity index is 718. The van der Waals surface area contributed by atoms with Crippen LogP contribution in [0.4, 0.5) is 18.9 Å². The Kier molecular flexibility index (Phi) is 4.11. The van der Waals surface area contributed by atoms with Crippen LogP contribution >= 0.6 is 0 Å². The molecule has 1 aromatic heterocycles. The number of aromatic nitrogens is 1. The van der Waals surface area contributed by atoms with E-state index >= 15 is 0 Å². The molecule has 0 unspecified atom stereocenters. The summed E-state index contributed by atoms with van der Waals surface area (Å²) in [6.07, 6.45) is 0.577. The van der Waals surface area contributed by atoms with Crippen molar-refractivity contribution in [3.05, 3.63) is 59.7 Å². The van der Waals surface area contributed by atoms with Gasteiger partial charge in [0.05, 0.1) is 17.4 Å². The number of nitrogens with two attached hydrogens (primary N) is 1. The summed E-state index contributed by atoms with van der Waals surface area (Å²) in [5, 5.41) is 1.92. The highest BCUT2D eigenvalue weighted by Gasteiger charge is 2.42. The molecule has 5 nitrogen and oxygen atoms in total. The van der Waals surface area contributed by atoms with E-state index in [1.54, 1.807) is 0 Å². The van der Waals surface area contributed by atoms with Gasteiger partial charge < -0.3 is 11.1 Å². The molecule has 8 heteroatoms. The molecule has 0 spiro atoms. The topological polar surface area (TPSA) is 85.1 Å². The van der Waals surface area contributed by atoms with Crippen molar-refractivity contribution in [1.82, 2.24) is 4.98 Å². The van der Waals surface area contributed by atoms with Crippen molar-refractivity contribution in [1.29, 1.82) is 0 Å². The van der Waals surface area contributed by atoms with Crippen LogP contribution in [0.25, 0.3) is 0 Å². The van der Waals surface area contributed by atoms with Crippen molar-refractivity contribution in [2.45, 2.75) is 5.92 Å². The summed E-state index contributed by atoms with van der Waals surface area (Å²) in [5.74, 6) is -7.39. The van der Waals surface area contributed by atoms with Gasteiger partial charge in [0.2, 0.25) is 0 Å². The number of hydrogen-bond donors (Lipinski definition) is 2. The average Bonchev–Trinajstić information content (AvgIpc) is 2.48. The van der Waals surface area contributed by atoms with Crippen LogP contribution in [0.15, 0.2) is 42.6 Å². The molecule has 2 rings (SSSR count). The van der Waals surface area contributed by atoms with Crippen molar-refractivity contribution < 1.29 is 22.8 Å². The molecule has 0 saturated heterocycles. The SMILES string of the molecule is NC(=O)c1ccccc1NC(=O)C(F)(F)c1ccc(F)cn1. The zero-order valence-corrected chi connectivity index (χ0v) is 11.0. The molecule has 1 aromatic carbocycles. The molecular weight excluding hydrogens is 299 g/mol. The molecule has 0 fully saturated rings. The predicted molar refractivity (Wildman–Crippen MR) is 71.7 cm³/mol. The number of alkyl halides is 2. The van der Waals surface area contributed by atoms with Gasteiger partial charge in [-0.05, 0) is 24.3 Å². The highest BCUT2D eigenvalue weighted by molar-refractivity contribution is 6.04. The largest absolute Gasteiger partial charge is 0.366 e. The van der Waals surface area contributed by atoms with Crippen LogP contribution in [0.5, 0.6) is 0 Å². The summed E-state index contributed by atoms with van der Waals surface area (Å²) in [5.41, 5.74) is 3.92. The third-order valence-corrected chi connectivity index (χ3v) is 2.77. The molecule has 3 N–H and O–H groups in total. The van der Waals surface area contributed by atoms with Gasteiger partial charge in [-0.3, -0.25) is 14.6 Å². The van der Waals surface area contributed by atoms with Gasteiger partial charge in [0, 0.05) is 0 Å². The molecule has 114 valence electrons. The quantitative estimate of drug-likeness (QED) is 0.906. The third-order valence-electron chi connectivity index (χ3n) is 2.77. The lowest BCUT2D eigenvalue weighted by atomic mass is 10.1. The average molecular weight is 309 g/mol. The van der Waals surface area contributed by atoms with Crippen LogP contribution in [0, 0.1) is 5.82 Å². The van der Waals surface area contributed by atoms with Gasteiger partial charge in [-0.2, -0.15) is 8.78 Å². The van der Waals surface area contributed by atoms with E-state index in [9.17, 15) is 22.8 Å². The normalized spacial score (nSPS) is 11.0. The molecule has 0 aliphatic carbocycles. The van der Waals surface area contributed by atoms with Crippen LogP contribution in [0.2, 0.25) is 0 Å². The van der Waals surface area contributed by atoms with E-state index in [1.807, 2.05) is 5.32 Å². The minimum atomic E-state index is -4.00. The highest BCUT2D eigenvalue weighted by atomic mass is 19.3. The van der Waals surface area contributed by atoms with Crippen molar-refractivity contribution in [3.63, 3.8) is 0 Å². The fourth-order valence-corrected chi connectivity index (χ4v) is 1.69. The molecule has 0 aliphatic rings. The Balaban J connectivity index is 2.28. The van der Waals surface area contributed by atoms with Crippen molar-refractivity contribution in [2.24, 2.45) is 5.73 Å². The van der Waals surface area contributed by atoms with Gasteiger partial charge in [0.15, 0.2) is 0 Å². The Morgan fingerprint density at radius 2 is 1.82 bits per heavy atom. The number of pyridine rings is 1. The van der Waals surface area contributed by atoms with E-state index in [1.165, 1.54) is 24.3 Å². The maximum absolute atomic E-state index is 14.0. The number of nitrogens with one attached hydrogen (secondary N) is 1. The Morgan fingerprint density at radius 1 is 1.14 bits per heavy atom. The lowest BCUT2D eigenvalue weighted by molar-refractivity contribution is -0.141. The van der Waals surface area contributed by atoms with E-state index in [-0.39, 0.29) is 11.3 Å². The number of primary amides is 1. The standard InChI is InChI=1S/C14H10F3N3O2/c15-8-5-6-11(19-7-8)14(16,17)13(22)20-10-4-2-1-3-9(10)12(18)21/h1-7H,(H2,18,21)(H,20,22). The number of hydrogen-bond acceptors (Lipinski definition) is 3. The van der Waals surface area contributed by atoms with Crippen LogP contribution < -0.4 is 11.1 Å². The second-order valence-electron chi connectivity index (χ2n) is 4.30. The number of carbonyl (C=O) groups excluding carboxylic acids is 2. The summed E-state index contributed by atoms with van der Waals surface area (Å²) in [6.45, 7) is 0. The fraction of sp³-hybridized carbons (Fsp3) is 0.0714. The van der Waals surface area contributed by atoms with Gasteiger partial charge in [-0.15, -0.1) is 0 Å². The van der Waals surface area contributed by atoms with Crippen LogP contribution in [0.3, 0.4) is 0 Å². The third kappa shape index (κ3) is 3.05. The number of para-hydroxylation sites is 1. The minimum absolute atomic E-state index is 0.112. The van der Waals surface area contributed by atoms with Gasteiger partial charge in [0.1, 0.15) is 11.5 Å². The van der Waals surface area contributed by atoms with Gasteiger partial charge in [-0.1, -0.05) is 12.1 Å². The number of amides is 2. The van der Waals surface area contributed by atoms with E-state index in [4.69, 9.17) is 5.73 Å².